The van der Waals surface area contributed by atoms with Crippen LogP contribution in [0.4, 0.5) is 0 Å². The average Bonchev–Trinajstić information content (AvgIpc) is 2.49. The minimum atomic E-state index is -4.75. The normalized spacial score (nSPS) is 54.7. The molecule has 0 aliphatic carbocycles. The van der Waals surface area contributed by atoms with E-state index in [2.05, 4.69) is 19.2 Å². The van der Waals surface area contributed by atoms with Crippen molar-refractivity contribution in [2.45, 2.75) is 33.0 Å². The second-order valence-corrected chi connectivity index (χ2v) is 10.5. The molecule has 124 valence electrons. The highest BCUT2D eigenvalue weighted by Crippen LogP contribution is 2.79. The summed E-state index contributed by atoms with van der Waals surface area (Å²) >= 11 is 0. The lowest BCUT2D eigenvalue weighted by Crippen LogP contribution is -2.22. The summed E-state index contributed by atoms with van der Waals surface area (Å²) in [5.41, 5.74) is 0. The first kappa shape index (κ1) is 17.8. The van der Waals surface area contributed by atoms with Gasteiger partial charge >= 0.3 is 15.6 Å². The van der Waals surface area contributed by atoms with Crippen molar-refractivity contribution in [3.63, 3.8) is 0 Å². The van der Waals surface area contributed by atoms with Gasteiger partial charge in [-0.25, -0.2) is 17.8 Å². The first-order chi connectivity index (χ1) is 9.43. The van der Waals surface area contributed by atoms with Crippen LogP contribution >= 0.6 is 23.2 Å². The summed E-state index contributed by atoms with van der Waals surface area (Å²) in [7, 11) is -13.2. The van der Waals surface area contributed by atoms with E-state index in [1.54, 1.807) is 0 Å². The zero-order valence-corrected chi connectivity index (χ0v) is 14.5. The third-order valence-corrected chi connectivity index (χ3v) is 9.48. The number of phosphoric acid groups is 2. The Morgan fingerprint density at radius 1 is 1.05 bits per heavy atom. The SMILES string of the molecule is C=P1(OCC2OC(C)C(C)C2C)OP(=O)(O)OP(=O)(O)O1. The number of hydrogen-bond donors (Lipinski definition) is 2. The van der Waals surface area contributed by atoms with E-state index >= 15 is 0 Å². The molecule has 2 N–H and O–H groups in total. The second kappa shape index (κ2) is 5.84. The average molecular weight is 364 g/mol. The summed E-state index contributed by atoms with van der Waals surface area (Å²) in [6.07, 6.45) is 3.14. The summed E-state index contributed by atoms with van der Waals surface area (Å²) in [4.78, 5) is 18.5. The molecule has 0 bridgehead atoms. The van der Waals surface area contributed by atoms with Gasteiger partial charge in [-0.05, 0) is 25.1 Å². The van der Waals surface area contributed by atoms with Crippen molar-refractivity contribution in [2.75, 3.05) is 6.61 Å². The van der Waals surface area contributed by atoms with Gasteiger partial charge in [0.15, 0.2) is 0 Å². The Morgan fingerprint density at radius 2 is 1.57 bits per heavy atom. The van der Waals surface area contributed by atoms with E-state index < -0.39 is 23.2 Å². The third kappa shape index (κ3) is 4.27. The van der Waals surface area contributed by atoms with Crippen LogP contribution in [0.1, 0.15) is 20.8 Å². The van der Waals surface area contributed by atoms with Crippen LogP contribution in [0.15, 0.2) is 0 Å². The van der Waals surface area contributed by atoms with Crippen LogP contribution < -0.4 is 0 Å². The maximum absolute atomic E-state index is 11.4. The minimum Gasteiger partial charge on any atom is -0.372 e. The second-order valence-electron chi connectivity index (χ2n) is 5.19. The number of hydrogen-bond acceptors (Lipinski definition) is 7. The molecule has 0 radical (unpaired) electrons. The predicted octanol–water partition coefficient (Wildman–Crippen LogP) is 2.52. The topological polar surface area (TPSA) is 121 Å². The molecule has 0 spiro atoms. The molecule has 0 aromatic carbocycles. The van der Waals surface area contributed by atoms with Crippen LogP contribution in [-0.4, -0.2) is 34.9 Å². The molecule has 12 heteroatoms. The van der Waals surface area contributed by atoms with E-state index in [1.807, 2.05) is 20.8 Å². The minimum absolute atomic E-state index is 0.0346. The van der Waals surface area contributed by atoms with Gasteiger partial charge in [-0.3, -0.25) is 0 Å². The van der Waals surface area contributed by atoms with Gasteiger partial charge in [0, 0.05) is 0 Å². The van der Waals surface area contributed by atoms with Crippen LogP contribution in [-0.2, 0) is 31.3 Å². The molecule has 2 saturated heterocycles. The largest absolute Gasteiger partial charge is 0.487 e. The molecule has 0 aromatic rings. The highest BCUT2D eigenvalue weighted by Gasteiger charge is 2.50. The number of rotatable bonds is 3. The molecule has 2 aliphatic heterocycles. The Labute approximate surface area is 123 Å². The van der Waals surface area contributed by atoms with Crippen molar-refractivity contribution in [3.8, 4) is 0 Å². The molecule has 6 atom stereocenters. The fourth-order valence-electron chi connectivity index (χ4n) is 2.20. The number of ether oxygens (including phenoxy) is 1. The van der Waals surface area contributed by atoms with Crippen LogP contribution in [0.5, 0.6) is 0 Å². The molecule has 0 aromatic heterocycles. The monoisotopic (exact) mass is 364 g/mol. The van der Waals surface area contributed by atoms with E-state index in [-0.39, 0.29) is 24.7 Å². The molecule has 9 nitrogen and oxygen atoms in total. The maximum Gasteiger partial charge on any atom is 0.487 e. The molecule has 2 fully saturated rings. The van der Waals surface area contributed by atoms with Gasteiger partial charge < -0.3 is 19.0 Å². The first-order valence-corrected chi connectivity index (χ1v) is 11.0. The standard InChI is InChI=1S/C9H19O9P3/c1-6-7(2)9(15-8(6)3)5-14-19(4)16-20(10,11)18-21(12,13)17-19/h6-9H,4-5H2,1-3H3,(H,10,11)(H,12,13). The molecule has 6 unspecified atom stereocenters. The smallest absolute Gasteiger partial charge is 0.372 e. The Bertz CT molecular complexity index is 521. The van der Waals surface area contributed by atoms with E-state index in [9.17, 15) is 18.9 Å². The van der Waals surface area contributed by atoms with E-state index in [0.717, 1.165) is 0 Å². The summed E-state index contributed by atoms with van der Waals surface area (Å²) in [6.45, 7) is 5.92. The quantitative estimate of drug-likeness (QED) is 0.728. The molecule has 2 rings (SSSR count). The van der Waals surface area contributed by atoms with Gasteiger partial charge in [0.1, 0.15) is 0 Å². The molecule has 2 aliphatic rings. The molecule has 21 heavy (non-hydrogen) atoms. The Balaban J connectivity index is 2.04. The zero-order chi connectivity index (χ0) is 16.1. The molecule has 2 heterocycles. The van der Waals surface area contributed by atoms with E-state index in [0.29, 0.717) is 5.92 Å². The summed E-state index contributed by atoms with van der Waals surface area (Å²) in [5, 5.41) is 0. The van der Waals surface area contributed by atoms with Crippen molar-refractivity contribution in [1.29, 1.82) is 0 Å². The summed E-state index contributed by atoms with van der Waals surface area (Å²) < 4.78 is 46.9. The lowest BCUT2D eigenvalue weighted by atomic mass is 9.91. The maximum atomic E-state index is 11.4. The van der Waals surface area contributed by atoms with Gasteiger partial charge in [0.25, 0.3) is 7.57 Å². The van der Waals surface area contributed by atoms with Crippen molar-refractivity contribution < 1.29 is 41.1 Å². The molecular formula is C9H19O9P3. The van der Waals surface area contributed by atoms with Crippen LogP contribution in [0.3, 0.4) is 0 Å². The van der Waals surface area contributed by atoms with Gasteiger partial charge in [-0.2, -0.15) is 4.31 Å². The van der Waals surface area contributed by atoms with Gasteiger partial charge in [0.05, 0.1) is 18.8 Å². The van der Waals surface area contributed by atoms with Gasteiger partial charge in [0.2, 0.25) is 0 Å². The van der Waals surface area contributed by atoms with Crippen molar-refractivity contribution in [3.05, 3.63) is 0 Å². The first-order valence-electron chi connectivity index (χ1n) is 6.26. The fraction of sp³-hybridized carbons (Fsp3) is 0.889. The highest BCUT2D eigenvalue weighted by molar-refractivity contribution is 7.78. The van der Waals surface area contributed by atoms with Gasteiger partial charge in [-0.15, -0.1) is 0 Å². The molecular weight excluding hydrogens is 345 g/mol. The van der Waals surface area contributed by atoms with Crippen LogP contribution in [0.2, 0.25) is 0 Å². The van der Waals surface area contributed by atoms with E-state index in [4.69, 9.17) is 9.26 Å². The van der Waals surface area contributed by atoms with E-state index in [1.165, 1.54) is 0 Å². The Kier molecular flexibility index (Phi) is 4.96. The van der Waals surface area contributed by atoms with Crippen molar-refractivity contribution in [2.24, 2.45) is 11.8 Å². The summed E-state index contributed by atoms with van der Waals surface area (Å²) in [5.74, 6) is 0.483. The molecule has 0 saturated carbocycles. The molecule has 0 amide bonds. The fourth-order valence-corrected chi connectivity index (χ4v) is 7.68. The third-order valence-electron chi connectivity index (χ3n) is 3.64. The van der Waals surface area contributed by atoms with Crippen LogP contribution in [0, 0.1) is 11.8 Å². The van der Waals surface area contributed by atoms with Crippen LogP contribution in [0.25, 0.3) is 0 Å². The lowest BCUT2D eigenvalue weighted by molar-refractivity contribution is 0.00878. The highest BCUT2D eigenvalue weighted by atomic mass is 31.3. The van der Waals surface area contributed by atoms with Gasteiger partial charge in [-0.1, -0.05) is 13.8 Å². The van der Waals surface area contributed by atoms with Crippen molar-refractivity contribution in [1.82, 2.24) is 0 Å². The predicted molar refractivity (Wildman–Crippen MR) is 75.6 cm³/mol. The Morgan fingerprint density at radius 3 is 2.00 bits per heavy atom. The van der Waals surface area contributed by atoms with Crippen molar-refractivity contribution >= 4 is 29.5 Å². The Hall–Kier alpha value is 0.480. The lowest BCUT2D eigenvalue weighted by Gasteiger charge is -2.32. The zero-order valence-electron chi connectivity index (χ0n) is 11.8. The summed E-state index contributed by atoms with van der Waals surface area (Å²) in [6, 6.07) is 0.